The fraction of sp³-hybridized carbons (Fsp3) is 0.667. The summed E-state index contributed by atoms with van der Waals surface area (Å²) >= 11 is 0. The van der Waals surface area contributed by atoms with Crippen LogP contribution < -0.4 is 0 Å². The molecule has 152 valence electrons. The fourth-order valence-electron chi connectivity index (χ4n) is 6.58. The standard InChI is InChI=1S/C21H25FO6/c1-18-6-5-12(24)7-11(18)3-4-13-14-8-15(25)21(28,17(27)10-23)19(14,2)9-16(26)20(13,18)22/h5-7,13-15,23,25,28H,3-4,8-10H2,1-2H3. The SMILES string of the molecule is CC12C=CC(=O)C=C1CCC1C3CC(O)C(O)(C(=O)CO)C3(C)CC(=O)C12F. The molecule has 0 radical (unpaired) electrons. The molecule has 0 aromatic rings. The van der Waals surface area contributed by atoms with Crippen LogP contribution in [0.1, 0.15) is 39.5 Å². The molecule has 0 saturated heterocycles. The molecule has 6 nitrogen and oxygen atoms in total. The molecule has 0 heterocycles. The minimum atomic E-state index is -2.29. The first-order valence-corrected chi connectivity index (χ1v) is 9.68. The second kappa shape index (κ2) is 5.68. The van der Waals surface area contributed by atoms with Gasteiger partial charge in [-0.25, -0.2) is 4.39 Å². The number of hydrogen-bond acceptors (Lipinski definition) is 6. The molecule has 4 aliphatic rings. The van der Waals surface area contributed by atoms with Crippen LogP contribution >= 0.6 is 0 Å². The molecule has 0 aromatic carbocycles. The molecule has 0 spiro atoms. The Kier molecular flexibility index (Phi) is 3.98. The number of rotatable bonds is 2. The van der Waals surface area contributed by atoms with Crippen molar-refractivity contribution in [2.75, 3.05) is 6.61 Å². The van der Waals surface area contributed by atoms with Crippen molar-refractivity contribution in [3.63, 3.8) is 0 Å². The molecule has 0 aliphatic heterocycles. The summed E-state index contributed by atoms with van der Waals surface area (Å²) in [6, 6.07) is 0. The molecular formula is C21H25FO6. The van der Waals surface area contributed by atoms with E-state index in [1.807, 2.05) is 0 Å². The van der Waals surface area contributed by atoms with Crippen molar-refractivity contribution in [1.29, 1.82) is 0 Å². The van der Waals surface area contributed by atoms with Gasteiger partial charge in [-0.15, -0.1) is 0 Å². The lowest BCUT2D eigenvalue weighted by molar-refractivity contribution is -0.191. The summed E-state index contributed by atoms with van der Waals surface area (Å²) in [5.41, 5.74) is -6.63. The summed E-state index contributed by atoms with van der Waals surface area (Å²) in [5, 5.41) is 31.0. The van der Waals surface area contributed by atoms with Gasteiger partial charge in [0.15, 0.2) is 28.6 Å². The number of carbonyl (C=O) groups excluding carboxylic acids is 3. The van der Waals surface area contributed by atoms with Gasteiger partial charge in [-0.05, 0) is 44.3 Å². The van der Waals surface area contributed by atoms with Crippen LogP contribution in [0.25, 0.3) is 0 Å². The first-order chi connectivity index (χ1) is 13.0. The number of aliphatic hydroxyl groups is 3. The third-order valence-corrected chi connectivity index (χ3v) is 8.19. The highest BCUT2D eigenvalue weighted by Gasteiger charge is 2.76. The van der Waals surface area contributed by atoms with Gasteiger partial charge in [0, 0.05) is 23.2 Å². The van der Waals surface area contributed by atoms with E-state index in [0.29, 0.717) is 12.0 Å². The van der Waals surface area contributed by atoms with Crippen LogP contribution in [0.2, 0.25) is 0 Å². The van der Waals surface area contributed by atoms with E-state index in [1.165, 1.54) is 25.2 Å². The molecule has 0 aromatic heterocycles. The summed E-state index contributed by atoms with van der Waals surface area (Å²) < 4.78 is 16.7. The van der Waals surface area contributed by atoms with Gasteiger partial charge < -0.3 is 15.3 Å². The highest BCUT2D eigenvalue weighted by molar-refractivity contribution is 6.03. The molecule has 28 heavy (non-hydrogen) atoms. The van der Waals surface area contributed by atoms with Crippen LogP contribution in [0.4, 0.5) is 4.39 Å². The van der Waals surface area contributed by atoms with Crippen LogP contribution in [0.15, 0.2) is 23.8 Å². The molecule has 7 heteroatoms. The van der Waals surface area contributed by atoms with Crippen LogP contribution in [0.5, 0.6) is 0 Å². The van der Waals surface area contributed by atoms with Gasteiger partial charge in [0.25, 0.3) is 0 Å². The zero-order valence-electron chi connectivity index (χ0n) is 15.9. The van der Waals surface area contributed by atoms with E-state index < -0.39 is 64.6 Å². The van der Waals surface area contributed by atoms with Crippen LogP contribution in [0.3, 0.4) is 0 Å². The van der Waals surface area contributed by atoms with Gasteiger partial charge in [-0.3, -0.25) is 14.4 Å². The smallest absolute Gasteiger partial charge is 0.192 e. The monoisotopic (exact) mass is 392 g/mol. The number of fused-ring (bicyclic) bond motifs is 5. The minimum Gasteiger partial charge on any atom is -0.390 e. The zero-order chi connectivity index (χ0) is 20.7. The topological polar surface area (TPSA) is 112 Å². The van der Waals surface area contributed by atoms with Crippen LogP contribution in [0, 0.1) is 22.7 Å². The summed E-state index contributed by atoms with van der Waals surface area (Å²) in [6.07, 6.45) is 2.91. The van der Waals surface area contributed by atoms with Gasteiger partial charge in [0.05, 0.1) is 6.10 Å². The maximum Gasteiger partial charge on any atom is 0.192 e. The van der Waals surface area contributed by atoms with Crippen molar-refractivity contribution in [2.45, 2.75) is 56.9 Å². The summed E-state index contributed by atoms with van der Waals surface area (Å²) in [5.74, 6) is -3.35. The second-order valence-corrected chi connectivity index (χ2v) is 9.19. The highest BCUT2D eigenvalue weighted by Crippen LogP contribution is 2.68. The largest absolute Gasteiger partial charge is 0.390 e. The van der Waals surface area contributed by atoms with Crippen LogP contribution in [-0.4, -0.2) is 56.6 Å². The number of hydrogen-bond donors (Lipinski definition) is 3. The average molecular weight is 392 g/mol. The Morgan fingerprint density at radius 3 is 2.61 bits per heavy atom. The normalized spacial score (nSPS) is 49.9. The van der Waals surface area contributed by atoms with E-state index >= 15 is 4.39 Å². The number of ketones is 3. The molecule has 0 bridgehead atoms. The molecule has 0 amide bonds. The first-order valence-electron chi connectivity index (χ1n) is 9.68. The van der Waals surface area contributed by atoms with E-state index in [2.05, 4.69) is 0 Å². The van der Waals surface area contributed by atoms with E-state index in [0.717, 1.165) is 0 Å². The number of alkyl halides is 1. The molecule has 7 atom stereocenters. The Morgan fingerprint density at radius 1 is 1.29 bits per heavy atom. The van der Waals surface area contributed by atoms with Gasteiger partial charge in [-0.2, -0.15) is 0 Å². The fourth-order valence-corrected chi connectivity index (χ4v) is 6.58. The van der Waals surface area contributed by atoms with Crippen molar-refractivity contribution in [1.82, 2.24) is 0 Å². The highest BCUT2D eigenvalue weighted by atomic mass is 19.1. The lowest BCUT2D eigenvalue weighted by atomic mass is 9.45. The Balaban J connectivity index is 1.85. The maximum absolute atomic E-state index is 16.7. The number of carbonyl (C=O) groups is 3. The maximum atomic E-state index is 16.7. The Bertz CT molecular complexity index is 848. The Morgan fingerprint density at radius 2 is 1.96 bits per heavy atom. The summed E-state index contributed by atoms with van der Waals surface area (Å²) in [4.78, 5) is 37.4. The number of allylic oxidation sites excluding steroid dienone is 4. The predicted octanol–water partition coefficient (Wildman–Crippen LogP) is 0.829. The third-order valence-electron chi connectivity index (χ3n) is 8.19. The van der Waals surface area contributed by atoms with Crippen molar-refractivity contribution in [2.24, 2.45) is 22.7 Å². The molecule has 7 unspecified atom stereocenters. The van der Waals surface area contributed by atoms with Gasteiger partial charge >= 0.3 is 0 Å². The molecule has 3 fully saturated rings. The second-order valence-electron chi connectivity index (χ2n) is 9.19. The van der Waals surface area contributed by atoms with Gasteiger partial charge in [0.2, 0.25) is 0 Å². The van der Waals surface area contributed by atoms with Crippen molar-refractivity contribution >= 4 is 17.3 Å². The number of Topliss-reactive ketones (excluding diaryl/α,β-unsaturated/α-hetero) is 2. The first kappa shape index (κ1) is 19.6. The average Bonchev–Trinajstić information content (AvgIpc) is 2.84. The van der Waals surface area contributed by atoms with E-state index in [-0.39, 0.29) is 18.6 Å². The lowest BCUT2D eigenvalue weighted by Crippen LogP contribution is -2.68. The third kappa shape index (κ3) is 1.95. The van der Waals surface area contributed by atoms with Crippen molar-refractivity contribution in [3.05, 3.63) is 23.8 Å². The van der Waals surface area contributed by atoms with Crippen molar-refractivity contribution < 1.29 is 34.1 Å². The lowest BCUT2D eigenvalue weighted by Gasteiger charge is -2.59. The molecule has 3 saturated carbocycles. The Labute approximate surface area is 162 Å². The molecule has 4 aliphatic carbocycles. The summed E-state index contributed by atoms with van der Waals surface area (Å²) in [6.45, 7) is 2.18. The van der Waals surface area contributed by atoms with E-state index in [4.69, 9.17) is 0 Å². The van der Waals surface area contributed by atoms with Crippen molar-refractivity contribution in [3.8, 4) is 0 Å². The molecule has 4 rings (SSSR count). The molecule has 3 N–H and O–H groups in total. The molecular weight excluding hydrogens is 367 g/mol. The predicted molar refractivity (Wildman–Crippen MR) is 95.8 cm³/mol. The summed E-state index contributed by atoms with van der Waals surface area (Å²) in [7, 11) is 0. The van der Waals surface area contributed by atoms with Crippen LogP contribution in [-0.2, 0) is 14.4 Å². The Hall–Kier alpha value is -1.70. The van der Waals surface area contributed by atoms with Gasteiger partial charge in [0.1, 0.15) is 6.61 Å². The quantitative estimate of drug-likeness (QED) is 0.642. The van der Waals surface area contributed by atoms with E-state index in [1.54, 1.807) is 6.92 Å². The minimum absolute atomic E-state index is 0.0276. The van der Waals surface area contributed by atoms with Gasteiger partial charge in [-0.1, -0.05) is 18.6 Å². The number of halogens is 1. The number of aliphatic hydroxyl groups excluding tert-OH is 2. The van der Waals surface area contributed by atoms with E-state index in [9.17, 15) is 29.7 Å². The zero-order valence-corrected chi connectivity index (χ0v) is 15.9.